The molecule has 2 amide bonds. The van der Waals surface area contributed by atoms with Gasteiger partial charge in [-0.2, -0.15) is 4.31 Å². The molecule has 1 fully saturated rings. The zero-order valence-corrected chi connectivity index (χ0v) is 18.3. The van der Waals surface area contributed by atoms with Gasteiger partial charge in [0.2, 0.25) is 15.9 Å². The Balaban J connectivity index is 1.53. The van der Waals surface area contributed by atoms with Crippen LogP contribution in [0.1, 0.15) is 18.4 Å². The van der Waals surface area contributed by atoms with Gasteiger partial charge in [-0.25, -0.2) is 8.42 Å². The molecule has 2 aliphatic heterocycles. The van der Waals surface area contributed by atoms with Crippen molar-refractivity contribution in [3.05, 3.63) is 48.0 Å². The number of benzene rings is 2. The van der Waals surface area contributed by atoms with Crippen molar-refractivity contribution in [3.8, 4) is 5.75 Å². The van der Waals surface area contributed by atoms with Gasteiger partial charge in [-0.05, 0) is 55.7 Å². The third-order valence-electron chi connectivity index (χ3n) is 5.67. The first-order chi connectivity index (χ1) is 14.8. The fourth-order valence-electron chi connectivity index (χ4n) is 3.97. The van der Waals surface area contributed by atoms with Gasteiger partial charge in [-0.15, -0.1) is 0 Å². The Hall–Kier alpha value is -2.91. The van der Waals surface area contributed by atoms with Gasteiger partial charge in [0.25, 0.3) is 5.91 Å². The van der Waals surface area contributed by atoms with Crippen LogP contribution >= 0.6 is 0 Å². The molecule has 0 aliphatic carbocycles. The fourth-order valence-corrected chi connectivity index (χ4v) is 5.52. The number of anilines is 2. The number of sulfonamides is 1. The maximum Gasteiger partial charge on any atom is 0.262 e. The van der Waals surface area contributed by atoms with E-state index in [0.717, 1.165) is 11.3 Å². The molecule has 0 spiro atoms. The van der Waals surface area contributed by atoms with E-state index in [2.05, 4.69) is 5.32 Å². The number of fused-ring (bicyclic) bond motifs is 1. The quantitative estimate of drug-likeness (QED) is 0.783. The molecule has 8 nitrogen and oxygen atoms in total. The van der Waals surface area contributed by atoms with E-state index < -0.39 is 15.9 Å². The predicted molar refractivity (Wildman–Crippen MR) is 117 cm³/mol. The molecule has 0 saturated carbocycles. The number of amides is 2. The summed E-state index contributed by atoms with van der Waals surface area (Å²) in [5, 5.41) is 2.63. The number of nitrogens with one attached hydrogen (secondary N) is 1. The van der Waals surface area contributed by atoms with E-state index in [4.69, 9.17) is 4.74 Å². The molecule has 164 valence electrons. The second-order valence-electron chi connectivity index (χ2n) is 7.93. The van der Waals surface area contributed by atoms with Crippen LogP contribution in [-0.2, 0) is 19.6 Å². The predicted octanol–water partition coefficient (Wildman–Crippen LogP) is 2.39. The smallest absolute Gasteiger partial charge is 0.262 e. The molecule has 9 heteroatoms. The van der Waals surface area contributed by atoms with Gasteiger partial charge in [-0.3, -0.25) is 9.59 Å². The second-order valence-corrected chi connectivity index (χ2v) is 9.87. The fraction of sp³-hybridized carbons (Fsp3) is 0.364. The molecule has 1 saturated heterocycles. The summed E-state index contributed by atoms with van der Waals surface area (Å²) in [5.74, 6) is -0.416. The zero-order valence-electron chi connectivity index (χ0n) is 17.5. The Kier molecular flexibility index (Phi) is 5.72. The molecule has 4 rings (SSSR count). The first-order valence-electron chi connectivity index (χ1n) is 10.2. The Labute approximate surface area is 181 Å². The standard InChI is InChI=1S/C22H25N3O5S/c1-15-5-3-7-17(11-15)24(2)22(27)16-6-4-10-25(13-16)31(28,29)18-8-9-20-19(12-18)23-21(26)14-30-20/h3,5,7-9,11-12,16H,4,6,10,13-14H2,1-2H3,(H,23,26)/t16-/m0/s1. The lowest BCUT2D eigenvalue weighted by molar-refractivity contribution is -0.123. The summed E-state index contributed by atoms with van der Waals surface area (Å²) in [4.78, 5) is 26.3. The highest BCUT2D eigenvalue weighted by Crippen LogP contribution is 2.33. The van der Waals surface area contributed by atoms with E-state index in [1.807, 2.05) is 31.2 Å². The van der Waals surface area contributed by atoms with Crippen molar-refractivity contribution in [1.29, 1.82) is 0 Å². The van der Waals surface area contributed by atoms with Gasteiger partial charge in [0.05, 0.1) is 16.5 Å². The Morgan fingerprint density at radius 2 is 2.03 bits per heavy atom. The van der Waals surface area contributed by atoms with Gasteiger partial charge >= 0.3 is 0 Å². The monoisotopic (exact) mass is 443 g/mol. The normalized spacial score (nSPS) is 19.2. The van der Waals surface area contributed by atoms with E-state index >= 15 is 0 Å². The first kappa shape index (κ1) is 21.3. The third-order valence-corrected chi connectivity index (χ3v) is 7.54. The average Bonchev–Trinajstić information content (AvgIpc) is 2.77. The van der Waals surface area contributed by atoms with Crippen LogP contribution in [0.15, 0.2) is 47.4 Å². The van der Waals surface area contributed by atoms with Crippen LogP contribution in [0.4, 0.5) is 11.4 Å². The average molecular weight is 444 g/mol. The van der Waals surface area contributed by atoms with Crippen LogP contribution in [0.2, 0.25) is 0 Å². The van der Waals surface area contributed by atoms with Crippen molar-refractivity contribution < 1.29 is 22.7 Å². The lowest BCUT2D eigenvalue weighted by atomic mass is 9.98. The Morgan fingerprint density at radius 3 is 2.81 bits per heavy atom. The topological polar surface area (TPSA) is 96.0 Å². The number of hydrogen-bond acceptors (Lipinski definition) is 5. The summed E-state index contributed by atoms with van der Waals surface area (Å²) in [6, 6.07) is 12.1. The molecular weight excluding hydrogens is 418 g/mol. The highest BCUT2D eigenvalue weighted by Gasteiger charge is 2.35. The van der Waals surface area contributed by atoms with Gasteiger partial charge in [0, 0.05) is 25.8 Å². The largest absolute Gasteiger partial charge is 0.482 e. The van der Waals surface area contributed by atoms with Crippen LogP contribution in [-0.4, -0.2) is 51.3 Å². The van der Waals surface area contributed by atoms with Crippen LogP contribution in [0.5, 0.6) is 5.75 Å². The van der Waals surface area contributed by atoms with Crippen LogP contribution in [0.25, 0.3) is 0 Å². The van der Waals surface area contributed by atoms with E-state index in [9.17, 15) is 18.0 Å². The van der Waals surface area contributed by atoms with Crippen molar-refractivity contribution in [3.63, 3.8) is 0 Å². The highest BCUT2D eigenvalue weighted by atomic mass is 32.2. The summed E-state index contributed by atoms with van der Waals surface area (Å²) in [7, 11) is -2.10. The number of rotatable bonds is 4. The molecule has 0 bridgehead atoms. The number of carbonyl (C=O) groups excluding carboxylic acids is 2. The maximum atomic E-state index is 13.3. The molecule has 0 aromatic heterocycles. The molecule has 2 aromatic rings. The first-order valence-corrected chi connectivity index (χ1v) is 11.6. The zero-order chi connectivity index (χ0) is 22.2. The molecule has 2 aliphatic rings. The number of nitrogens with zero attached hydrogens (tertiary/aromatic N) is 2. The SMILES string of the molecule is Cc1cccc(N(C)C(=O)[C@H]2CCCN(S(=O)(=O)c3ccc4c(c3)NC(=O)CO4)C2)c1. The van der Waals surface area contributed by atoms with Gasteiger partial charge in [0.1, 0.15) is 5.75 Å². The lowest BCUT2D eigenvalue weighted by Crippen LogP contribution is -2.46. The molecule has 1 atom stereocenters. The lowest BCUT2D eigenvalue weighted by Gasteiger charge is -2.33. The number of ether oxygens (including phenoxy) is 1. The van der Waals surface area contributed by atoms with E-state index in [1.165, 1.54) is 16.4 Å². The Morgan fingerprint density at radius 1 is 1.23 bits per heavy atom. The maximum absolute atomic E-state index is 13.3. The summed E-state index contributed by atoms with van der Waals surface area (Å²) < 4.78 is 33.2. The summed E-state index contributed by atoms with van der Waals surface area (Å²) in [5.41, 5.74) is 2.17. The van der Waals surface area contributed by atoms with Crippen molar-refractivity contribution in [2.24, 2.45) is 5.92 Å². The minimum absolute atomic E-state index is 0.0668. The highest BCUT2D eigenvalue weighted by molar-refractivity contribution is 7.89. The van der Waals surface area contributed by atoms with E-state index in [0.29, 0.717) is 30.8 Å². The van der Waals surface area contributed by atoms with Crippen LogP contribution in [0.3, 0.4) is 0 Å². The van der Waals surface area contributed by atoms with Crippen molar-refractivity contribution in [2.45, 2.75) is 24.7 Å². The third kappa shape index (κ3) is 4.28. The number of aryl methyl sites for hydroxylation is 1. The van der Waals surface area contributed by atoms with Crippen molar-refractivity contribution in [1.82, 2.24) is 4.31 Å². The minimum Gasteiger partial charge on any atom is -0.482 e. The van der Waals surface area contributed by atoms with Crippen molar-refractivity contribution >= 4 is 33.2 Å². The van der Waals surface area contributed by atoms with Gasteiger partial charge < -0.3 is 15.0 Å². The molecule has 31 heavy (non-hydrogen) atoms. The molecule has 0 radical (unpaired) electrons. The van der Waals surface area contributed by atoms with E-state index in [-0.39, 0.29) is 29.9 Å². The van der Waals surface area contributed by atoms with Gasteiger partial charge in [-0.1, -0.05) is 12.1 Å². The summed E-state index contributed by atoms with van der Waals surface area (Å²) >= 11 is 0. The number of carbonyl (C=O) groups is 2. The van der Waals surface area contributed by atoms with Gasteiger partial charge in [0.15, 0.2) is 6.61 Å². The molecule has 2 heterocycles. The van der Waals surface area contributed by atoms with Crippen LogP contribution in [0, 0.1) is 12.8 Å². The van der Waals surface area contributed by atoms with Crippen molar-refractivity contribution in [2.75, 3.05) is 37.0 Å². The number of piperidine rings is 1. The molecular formula is C22H25N3O5S. The number of hydrogen-bond donors (Lipinski definition) is 1. The molecule has 0 unspecified atom stereocenters. The second kappa shape index (κ2) is 8.32. The summed E-state index contributed by atoms with van der Waals surface area (Å²) in [6.45, 7) is 2.34. The molecule has 1 N–H and O–H groups in total. The molecule has 2 aromatic carbocycles. The minimum atomic E-state index is -3.82. The summed E-state index contributed by atoms with van der Waals surface area (Å²) in [6.07, 6.45) is 1.23. The van der Waals surface area contributed by atoms with E-state index in [1.54, 1.807) is 18.0 Å². The van der Waals surface area contributed by atoms with Crippen LogP contribution < -0.4 is 15.0 Å². The Bertz CT molecular complexity index is 1130.